The van der Waals surface area contributed by atoms with Gasteiger partial charge in [0.15, 0.2) is 0 Å². The standard InChI is InChI=1S/C3H7.H2N.Zr/c1-3-2;;/h1,3H2,2H3;1H2;/q;-1;+1. The zero-order valence-corrected chi connectivity index (χ0v) is 5.95. The molecule has 0 rings (SSSR count). The van der Waals surface area contributed by atoms with Crippen LogP contribution in [0.3, 0.4) is 0 Å². The molecular formula is C3H9NZr. The summed E-state index contributed by atoms with van der Waals surface area (Å²) in [7, 11) is 0. The van der Waals surface area contributed by atoms with Gasteiger partial charge < -0.3 is 0 Å². The molecule has 0 aliphatic heterocycles. The quantitative estimate of drug-likeness (QED) is 0.618. The van der Waals surface area contributed by atoms with Crippen LogP contribution < -0.4 is 3.68 Å². The number of nitrogens with two attached hydrogens (primary N) is 1. The molecule has 0 aromatic rings. The van der Waals surface area contributed by atoms with E-state index in [0.717, 1.165) is 0 Å². The zero-order chi connectivity index (χ0) is 4.12. The summed E-state index contributed by atoms with van der Waals surface area (Å²) >= 11 is -0.294. The van der Waals surface area contributed by atoms with Crippen molar-refractivity contribution in [2.24, 2.45) is 3.68 Å². The van der Waals surface area contributed by atoms with Crippen molar-refractivity contribution in [1.82, 2.24) is 0 Å². The summed E-state index contributed by atoms with van der Waals surface area (Å²) < 4.78 is 6.65. The SMILES string of the molecule is CC[CH2][Zr][NH2]. The first kappa shape index (κ1) is 5.84. The van der Waals surface area contributed by atoms with Gasteiger partial charge in [-0.1, -0.05) is 0 Å². The fraction of sp³-hybridized carbons (Fsp3) is 1.00. The topological polar surface area (TPSA) is 26.0 Å². The Morgan fingerprint density at radius 3 is 2.40 bits per heavy atom. The summed E-state index contributed by atoms with van der Waals surface area (Å²) in [6.07, 6.45) is 1.29. The van der Waals surface area contributed by atoms with Gasteiger partial charge >= 0.3 is 44.7 Å². The van der Waals surface area contributed by atoms with Gasteiger partial charge in [0.2, 0.25) is 0 Å². The van der Waals surface area contributed by atoms with Crippen LogP contribution in [0.5, 0.6) is 0 Å². The van der Waals surface area contributed by atoms with E-state index >= 15 is 0 Å². The van der Waals surface area contributed by atoms with E-state index in [1.807, 2.05) is 0 Å². The van der Waals surface area contributed by atoms with Crippen LogP contribution in [-0.4, -0.2) is 0 Å². The molecule has 0 aromatic heterocycles. The fourth-order valence-corrected chi connectivity index (χ4v) is 0.854. The van der Waals surface area contributed by atoms with Gasteiger partial charge in [0.25, 0.3) is 0 Å². The van der Waals surface area contributed by atoms with Crippen LogP contribution in [0, 0.1) is 0 Å². The first-order chi connectivity index (χ1) is 2.41. The molecule has 0 amide bonds. The van der Waals surface area contributed by atoms with Crippen molar-refractivity contribution in [3.8, 4) is 0 Å². The molecule has 30 valence electrons. The van der Waals surface area contributed by atoms with E-state index < -0.39 is 0 Å². The summed E-state index contributed by atoms with van der Waals surface area (Å²) in [5.74, 6) is 0. The molecule has 0 radical (unpaired) electrons. The van der Waals surface area contributed by atoms with Crippen LogP contribution >= 0.6 is 0 Å². The molecule has 0 saturated carbocycles. The van der Waals surface area contributed by atoms with Crippen LogP contribution in [0.1, 0.15) is 13.3 Å². The molecule has 2 heteroatoms. The average Bonchev–Trinajstić information content (AvgIpc) is 1.41. The summed E-state index contributed by atoms with van der Waals surface area (Å²) in [5.41, 5.74) is 0. The van der Waals surface area contributed by atoms with Gasteiger partial charge in [-0.15, -0.1) is 0 Å². The first-order valence-corrected chi connectivity index (χ1v) is 5.01. The first-order valence-electron chi connectivity index (χ1n) is 1.85. The summed E-state index contributed by atoms with van der Waals surface area (Å²) in [6.45, 7) is 2.17. The molecule has 0 unspecified atom stereocenters. The van der Waals surface area contributed by atoms with E-state index in [-0.39, 0.29) is 23.5 Å². The Balaban J connectivity index is 2.19. The van der Waals surface area contributed by atoms with Gasteiger partial charge in [0, 0.05) is 0 Å². The van der Waals surface area contributed by atoms with Gasteiger partial charge in [-0.3, -0.25) is 0 Å². The minimum atomic E-state index is -0.294. The Morgan fingerprint density at radius 1 is 1.80 bits per heavy atom. The average molecular weight is 150 g/mol. The van der Waals surface area contributed by atoms with Crippen molar-refractivity contribution in [1.29, 1.82) is 0 Å². The molecule has 1 nitrogen and oxygen atoms in total. The summed E-state index contributed by atoms with van der Waals surface area (Å²) in [4.78, 5) is 0. The Labute approximate surface area is 44.9 Å². The minimum absolute atomic E-state index is 0.294. The van der Waals surface area contributed by atoms with Gasteiger partial charge in [0.05, 0.1) is 0 Å². The van der Waals surface area contributed by atoms with Crippen LogP contribution in [0.2, 0.25) is 4.13 Å². The van der Waals surface area contributed by atoms with E-state index in [1.54, 1.807) is 0 Å². The second kappa shape index (κ2) is 4.84. The van der Waals surface area contributed by atoms with Crippen molar-refractivity contribution in [3.63, 3.8) is 0 Å². The third-order valence-corrected chi connectivity index (χ3v) is 2.33. The van der Waals surface area contributed by atoms with Crippen LogP contribution in [0.15, 0.2) is 0 Å². The van der Waals surface area contributed by atoms with Crippen molar-refractivity contribution in [3.05, 3.63) is 0 Å². The van der Waals surface area contributed by atoms with Gasteiger partial charge in [-0.25, -0.2) is 0 Å². The predicted octanol–water partition coefficient (Wildman–Crippen LogP) is 0.771. The monoisotopic (exact) mass is 149 g/mol. The van der Waals surface area contributed by atoms with Gasteiger partial charge in [0.1, 0.15) is 0 Å². The number of rotatable bonds is 2. The van der Waals surface area contributed by atoms with Crippen molar-refractivity contribution >= 4 is 0 Å². The predicted molar refractivity (Wildman–Crippen MR) is 19.3 cm³/mol. The Hall–Kier alpha value is 0.843. The van der Waals surface area contributed by atoms with Crippen LogP contribution in [0.25, 0.3) is 0 Å². The van der Waals surface area contributed by atoms with Crippen molar-refractivity contribution < 1.29 is 23.5 Å². The second-order valence-electron chi connectivity index (χ2n) is 0.954. The van der Waals surface area contributed by atoms with Gasteiger partial charge in [-0.05, 0) is 0 Å². The van der Waals surface area contributed by atoms with E-state index in [4.69, 9.17) is 3.68 Å². The van der Waals surface area contributed by atoms with Crippen molar-refractivity contribution in [2.45, 2.75) is 17.5 Å². The second-order valence-corrected chi connectivity index (χ2v) is 3.19. The third-order valence-electron chi connectivity index (χ3n) is 0.394. The van der Waals surface area contributed by atoms with Crippen LogP contribution in [0.4, 0.5) is 0 Å². The molecule has 0 aliphatic rings. The number of hydrogen-bond acceptors (Lipinski definition) is 1. The Morgan fingerprint density at radius 2 is 2.40 bits per heavy atom. The fourth-order valence-electron chi connectivity index (χ4n) is 0.144. The van der Waals surface area contributed by atoms with Crippen LogP contribution in [-0.2, 0) is 23.5 Å². The van der Waals surface area contributed by atoms with E-state index in [2.05, 4.69) is 6.92 Å². The molecule has 0 bridgehead atoms. The maximum atomic E-state index is 5.31. The van der Waals surface area contributed by atoms with Crippen molar-refractivity contribution in [2.75, 3.05) is 0 Å². The molecule has 0 fully saturated rings. The molecule has 0 aromatic carbocycles. The molecule has 5 heavy (non-hydrogen) atoms. The molecule has 0 aliphatic carbocycles. The van der Waals surface area contributed by atoms with E-state index in [9.17, 15) is 0 Å². The molecule has 0 heterocycles. The third kappa shape index (κ3) is 4.84. The molecule has 0 spiro atoms. The van der Waals surface area contributed by atoms with E-state index in [1.165, 1.54) is 10.5 Å². The summed E-state index contributed by atoms with van der Waals surface area (Å²) in [6, 6.07) is 0. The maximum absolute atomic E-state index is 5.31. The molecule has 2 N–H and O–H groups in total. The van der Waals surface area contributed by atoms with E-state index in [0.29, 0.717) is 0 Å². The molecule has 0 saturated heterocycles. The molecular weight excluding hydrogens is 141 g/mol. The van der Waals surface area contributed by atoms with Gasteiger partial charge in [-0.2, -0.15) is 0 Å². The molecule has 0 atom stereocenters. The normalized spacial score (nSPS) is 7.60. The Kier molecular flexibility index (Phi) is 5.66. The zero-order valence-electron chi connectivity index (χ0n) is 3.49. The summed E-state index contributed by atoms with van der Waals surface area (Å²) in [5, 5.41) is 0. The number of hydrogen-bond donors (Lipinski definition) is 1. The Bertz CT molecular complexity index is 14.4.